The molecule has 0 spiro atoms. The number of benzene rings is 1. The molecule has 2 amide bonds. The number of rotatable bonds is 3. The van der Waals surface area contributed by atoms with Gasteiger partial charge in [0.1, 0.15) is 17.3 Å². The fraction of sp³-hybridized carbons (Fsp3) is 0.536. The van der Waals surface area contributed by atoms with Crippen molar-refractivity contribution in [3.63, 3.8) is 0 Å². The Balaban J connectivity index is 1.38. The molecular weight excluding hydrogens is 468 g/mol. The Morgan fingerprint density at radius 1 is 1.16 bits per heavy atom. The molecule has 9 heteroatoms. The minimum Gasteiger partial charge on any atom is -0.444 e. The highest BCUT2D eigenvalue weighted by Gasteiger charge is 2.39. The van der Waals surface area contributed by atoms with Gasteiger partial charge in [0.25, 0.3) is 0 Å². The Hall–Kier alpha value is -3.67. The molecule has 1 aromatic carbocycles. The van der Waals surface area contributed by atoms with Gasteiger partial charge >= 0.3 is 6.09 Å². The molecule has 0 radical (unpaired) electrons. The van der Waals surface area contributed by atoms with Crippen LogP contribution in [-0.2, 0) is 28.9 Å². The van der Waals surface area contributed by atoms with Gasteiger partial charge in [0, 0.05) is 43.0 Å². The zero-order chi connectivity index (χ0) is 26.2. The summed E-state index contributed by atoms with van der Waals surface area (Å²) in [6.07, 6.45) is 7.54. The van der Waals surface area contributed by atoms with Crippen LogP contribution in [0, 0.1) is 17.2 Å². The second kappa shape index (κ2) is 10.0. The van der Waals surface area contributed by atoms with Gasteiger partial charge in [-0.25, -0.2) is 9.78 Å². The monoisotopic (exact) mass is 502 g/mol. The minimum absolute atomic E-state index is 0.0801. The van der Waals surface area contributed by atoms with Gasteiger partial charge in [0.2, 0.25) is 11.9 Å². The zero-order valence-corrected chi connectivity index (χ0v) is 21.8. The van der Waals surface area contributed by atoms with Crippen LogP contribution in [0.25, 0.3) is 0 Å². The van der Waals surface area contributed by atoms with E-state index < -0.39 is 11.5 Å². The lowest BCUT2D eigenvalue weighted by molar-refractivity contribution is -0.121. The van der Waals surface area contributed by atoms with Crippen molar-refractivity contribution in [1.82, 2.24) is 14.9 Å². The predicted octanol–water partition coefficient (Wildman–Crippen LogP) is 4.87. The van der Waals surface area contributed by atoms with Crippen molar-refractivity contribution in [2.24, 2.45) is 5.92 Å². The third-order valence-electron chi connectivity index (χ3n) is 7.22. The Bertz CT molecular complexity index is 1240. The summed E-state index contributed by atoms with van der Waals surface area (Å²) in [6.45, 7) is 6.75. The van der Waals surface area contributed by atoms with Gasteiger partial charge in [-0.05, 0) is 69.7 Å². The van der Waals surface area contributed by atoms with Gasteiger partial charge in [-0.15, -0.1) is 0 Å². The quantitative estimate of drug-likeness (QED) is 0.637. The fourth-order valence-corrected chi connectivity index (χ4v) is 5.46. The lowest BCUT2D eigenvalue weighted by atomic mass is 9.94. The lowest BCUT2D eigenvalue weighted by Gasteiger charge is -2.35. The van der Waals surface area contributed by atoms with Gasteiger partial charge < -0.3 is 15.0 Å². The predicted molar refractivity (Wildman–Crippen MR) is 139 cm³/mol. The summed E-state index contributed by atoms with van der Waals surface area (Å²) in [4.78, 5) is 38.6. The van der Waals surface area contributed by atoms with Gasteiger partial charge in [-0.1, -0.05) is 18.9 Å². The Morgan fingerprint density at radius 2 is 1.95 bits per heavy atom. The molecule has 1 saturated carbocycles. The number of ether oxygens (including phenoxy) is 1. The van der Waals surface area contributed by atoms with E-state index in [0.717, 1.165) is 55.3 Å². The van der Waals surface area contributed by atoms with Gasteiger partial charge in [-0.3, -0.25) is 9.69 Å². The average molecular weight is 503 g/mol. The number of aromatic nitrogens is 2. The van der Waals surface area contributed by atoms with Crippen LogP contribution in [0.5, 0.6) is 0 Å². The summed E-state index contributed by atoms with van der Waals surface area (Å²) in [5.74, 6) is 0.182. The first-order valence-electron chi connectivity index (χ1n) is 13.2. The van der Waals surface area contributed by atoms with Gasteiger partial charge in [0.15, 0.2) is 0 Å². The first-order chi connectivity index (χ1) is 17.7. The number of nitrogens with one attached hydrogen (secondary N) is 1. The largest absolute Gasteiger partial charge is 0.444 e. The standard InChI is InChI=1S/C28H34N6O3/c1-28(2,3)37-27(36)33-12-6-7-18-10-11-22(14-21(18)17-33)31-26-30-16-20-13-19(15-29)25(35)34(24(20)32-26)23-8-4-5-9-23/h10-11,14,16,19,23H,4-9,12-13,17H2,1-3H3,(H,30,31,32). The molecule has 3 aliphatic rings. The first-order valence-corrected chi connectivity index (χ1v) is 13.2. The van der Waals surface area contributed by atoms with E-state index in [1.165, 1.54) is 5.56 Å². The summed E-state index contributed by atoms with van der Waals surface area (Å²) >= 11 is 0. The van der Waals surface area contributed by atoms with Crippen molar-refractivity contribution in [3.8, 4) is 6.07 Å². The number of carbonyl (C=O) groups excluding carboxylic acids is 2. The van der Waals surface area contributed by atoms with Crippen molar-refractivity contribution >= 4 is 29.5 Å². The molecule has 1 atom stereocenters. The number of amides is 2. The Morgan fingerprint density at radius 3 is 2.68 bits per heavy atom. The Kier molecular flexibility index (Phi) is 6.76. The van der Waals surface area contributed by atoms with Crippen molar-refractivity contribution in [2.45, 2.75) is 83.9 Å². The molecule has 1 aromatic heterocycles. The molecule has 1 unspecified atom stereocenters. The molecule has 194 valence electrons. The van der Waals surface area contributed by atoms with E-state index in [9.17, 15) is 14.9 Å². The van der Waals surface area contributed by atoms with Crippen LogP contribution >= 0.6 is 0 Å². The highest BCUT2D eigenvalue weighted by atomic mass is 16.6. The van der Waals surface area contributed by atoms with E-state index in [-0.39, 0.29) is 18.0 Å². The molecule has 9 nitrogen and oxygen atoms in total. The maximum atomic E-state index is 13.1. The fourth-order valence-electron chi connectivity index (χ4n) is 5.46. The second-order valence-electron chi connectivity index (χ2n) is 11.2. The molecule has 2 aromatic rings. The van der Waals surface area contributed by atoms with Gasteiger partial charge in [-0.2, -0.15) is 10.2 Å². The molecule has 2 aliphatic heterocycles. The number of anilines is 3. The molecule has 1 fully saturated rings. The normalized spacial score (nSPS) is 20.1. The van der Waals surface area contributed by atoms with Crippen LogP contribution in [0.3, 0.4) is 0 Å². The molecule has 1 aliphatic carbocycles. The molecule has 5 rings (SSSR count). The maximum Gasteiger partial charge on any atom is 0.410 e. The maximum absolute atomic E-state index is 13.1. The van der Waals surface area contributed by atoms with Crippen molar-refractivity contribution < 1.29 is 14.3 Å². The van der Waals surface area contributed by atoms with E-state index in [1.54, 1.807) is 16.0 Å². The van der Waals surface area contributed by atoms with Crippen LogP contribution in [0.2, 0.25) is 0 Å². The number of aryl methyl sites for hydroxylation is 1. The van der Waals surface area contributed by atoms with E-state index in [4.69, 9.17) is 9.72 Å². The number of nitriles is 1. The SMILES string of the molecule is CC(C)(C)OC(=O)N1CCCc2ccc(Nc3ncc4c(n3)N(C3CCCC3)C(=O)C(C#N)C4)cc2C1. The number of fused-ring (bicyclic) bond motifs is 2. The smallest absolute Gasteiger partial charge is 0.410 e. The van der Waals surface area contributed by atoms with Crippen LogP contribution in [0.1, 0.15) is 69.6 Å². The van der Waals surface area contributed by atoms with Gasteiger partial charge in [0.05, 0.1) is 6.07 Å². The lowest BCUT2D eigenvalue weighted by Crippen LogP contribution is -2.47. The summed E-state index contributed by atoms with van der Waals surface area (Å²) < 4.78 is 5.60. The number of nitrogens with zero attached hydrogens (tertiary/aromatic N) is 5. The average Bonchev–Trinajstić information content (AvgIpc) is 3.28. The second-order valence-corrected chi connectivity index (χ2v) is 11.2. The van der Waals surface area contributed by atoms with Crippen LogP contribution < -0.4 is 10.2 Å². The minimum atomic E-state index is -0.687. The molecule has 3 heterocycles. The summed E-state index contributed by atoms with van der Waals surface area (Å²) in [5.41, 5.74) is 3.38. The molecule has 37 heavy (non-hydrogen) atoms. The zero-order valence-electron chi connectivity index (χ0n) is 21.8. The highest BCUT2D eigenvalue weighted by molar-refractivity contribution is 5.99. The highest BCUT2D eigenvalue weighted by Crippen LogP contribution is 2.36. The van der Waals surface area contributed by atoms with Crippen LogP contribution in [0.4, 0.5) is 22.2 Å². The molecule has 1 N–H and O–H groups in total. The van der Waals surface area contributed by atoms with E-state index >= 15 is 0 Å². The van der Waals surface area contributed by atoms with Crippen LogP contribution in [0.15, 0.2) is 24.4 Å². The summed E-state index contributed by atoms with van der Waals surface area (Å²) in [5, 5.41) is 12.8. The van der Waals surface area contributed by atoms with Crippen molar-refractivity contribution in [3.05, 3.63) is 41.1 Å². The Labute approximate surface area is 217 Å². The van der Waals surface area contributed by atoms with Crippen LogP contribution in [-0.4, -0.2) is 45.1 Å². The number of carbonyl (C=O) groups is 2. The van der Waals surface area contributed by atoms with E-state index in [1.807, 2.05) is 32.9 Å². The first kappa shape index (κ1) is 25.0. The van der Waals surface area contributed by atoms with E-state index in [0.29, 0.717) is 31.3 Å². The van der Waals surface area contributed by atoms with Crippen molar-refractivity contribution in [1.29, 1.82) is 5.26 Å². The van der Waals surface area contributed by atoms with E-state index in [2.05, 4.69) is 22.4 Å². The summed E-state index contributed by atoms with van der Waals surface area (Å²) in [7, 11) is 0. The molecular formula is C28H34N6O3. The molecule has 0 bridgehead atoms. The van der Waals surface area contributed by atoms with Crippen molar-refractivity contribution in [2.75, 3.05) is 16.8 Å². The summed E-state index contributed by atoms with van der Waals surface area (Å²) in [6, 6.07) is 8.36. The number of hydrogen-bond acceptors (Lipinski definition) is 7. The third-order valence-corrected chi connectivity index (χ3v) is 7.22. The topological polar surface area (TPSA) is 111 Å². The molecule has 0 saturated heterocycles. The third kappa shape index (κ3) is 5.38. The number of hydrogen-bond donors (Lipinski definition) is 1.